The Balaban J connectivity index is 1.71. The number of nitriles is 1. The van der Waals surface area contributed by atoms with Gasteiger partial charge in [0.1, 0.15) is 18.2 Å². The number of furan rings is 1. The number of rotatable bonds is 2. The van der Waals surface area contributed by atoms with Gasteiger partial charge in [-0.15, -0.1) is 0 Å². The van der Waals surface area contributed by atoms with Gasteiger partial charge in [-0.2, -0.15) is 5.26 Å². The zero-order chi connectivity index (χ0) is 25.2. The average Bonchev–Trinajstić information content (AvgIpc) is 3.47. The first-order valence-corrected chi connectivity index (χ1v) is 12.8. The van der Waals surface area contributed by atoms with Gasteiger partial charge in [0.2, 0.25) is 5.69 Å². The standard InChI is InChI=1S/C33H31N2O/c1-20-12-14-25-26-15-13-22(19-34)30(23-17-21-9-8-10-24(21)27(18-23)33(2,3)4)32(26)36-31(25)29(20)28-11-6-7-16-35(28)5/h6-7,11-18H,8-10H2,1-5H3/q+1. The van der Waals surface area contributed by atoms with Crippen molar-refractivity contribution in [3.63, 3.8) is 0 Å². The Morgan fingerprint density at radius 2 is 1.67 bits per heavy atom. The largest absolute Gasteiger partial charge is 0.454 e. The molecule has 0 bridgehead atoms. The molecule has 0 saturated heterocycles. The Morgan fingerprint density at radius 3 is 2.39 bits per heavy atom. The van der Waals surface area contributed by atoms with Crippen molar-refractivity contribution in [1.29, 1.82) is 5.26 Å². The van der Waals surface area contributed by atoms with Crippen LogP contribution in [0, 0.1) is 18.3 Å². The van der Waals surface area contributed by atoms with Crippen LogP contribution in [0.25, 0.3) is 44.3 Å². The molecule has 3 nitrogen and oxygen atoms in total. The fraction of sp³-hybridized carbons (Fsp3) is 0.273. The molecule has 0 N–H and O–H groups in total. The topological polar surface area (TPSA) is 40.8 Å². The summed E-state index contributed by atoms with van der Waals surface area (Å²) in [5.41, 5.74) is 12.0. The van der Waals surface area contributed by atoms with Gasteiger partial charge >= 0.3 is 0 Å². The summed E-state index contributed by atoms with van der Waals surface area (Å²) in [5, 5.41) is 12.3. The maximum absolute atomic E-state index is 10.2. The maximum Gasteiger partial charge on any atom is 0.216 e. The van der Waals surface area contributed by atoms with Crippen LogP contribution in [0.1, 0.15) is 55.0 Å². The molecule has 0 unspecified atom stereocenters. The van der Waals surface area contributed by atoms with E-state index in [1.165, 1.54) is 23.1 Å². The number of aromatic nitrogens is 1. The summed E-state index contributed by atoms with van der Waals surface area (Å²) in [6, 6.07) is 21.6. The molecule has 0 saturated carbocycles. The van der Waals surface area contributed by atoms with Crippen molar-refractivity contribution in [2.24, 2.45) is 7.05 Å². The van der Waals surface area contributed by atoms with Crippen molar-refractivity contribution < 1.29 is 8.98 Å². The summed E-state index contributed by atoms with van der Waals surface area (Å²) in [6.45, 7) is 8.98. The van der Waals surface area contributed by atoms with E-state index in [9.17, 15) is 5.26 Å². The SMILES string of the molecule is Cc1ccc2c(oc3c(-c4cc5c(c(C(C)(C)C)c4)CCC5)c(C#N)ccc32)c1-c1cccc[n+]1C. The van der Waals surface area contributed by atoms with Crippen LogP contribution in [-0.2, 0) is 25.3 Å². The van der Waals surface area contributed by atoms with Crippen molar-refractivity contribution in [2.75, 3.05) is 0 Å². The Morgan fingerprint density at radius 1 is 0.917 bits per heavy atom. The highest BCUT2D eigenvalue weighted by Crippen LogP contribution is 2.44. The first kappa shape index (κ1) is 22.6. The molecule has 1 aliphatic rings. The number of nitrogens with zero attached hydrogens (tertiary/aromatic N) is 2. The molecule has 1 aliphatic carbocycles. The third kappa shape index (κ3) is 3.36. The van der Waals surface area contributed by atoms with Gasteiger partial charge in [-0.1, -0.05) is 45.0 Å². The summed E-state index contributed by atoms with van der Waals surface area (Å²) < 4.78 is 8.91. The Kier molecular flexibility index (Phi) is 5.05. The molecule has 2 heterocycles. The van der Waals surface area contributed by atoms with Crippen LogP contribution in [0.3, 0.4) is 0 Å². The lowest BCUT2D eigenvalue weighted by molar-refractivity contribution is -0.660. The molecular weight excluding hydrogens is 440 g/mol. The second kappa shape index (κ2) is 8.07. The lowest BCUT2D eigenvalue weighted by Gasteiger charge is -2.24. The van der Waals surface area contributed by atoms with Crippen molar-refractivity contribution in [3.8, 4) is 28.5 Å². The van der Waals surface area contributed by atoms with Crippen LogP contribution < -0.4 is 4.57 Å². The van der Waals surface area contributed by atoms with Gasteiger partial charge in [0.15, 0.2) is 6.20 Å². The van der Waals surface area contributed by atoms with Gasteiger partial charge in [0, 0.05) is 28.5 Å². The van der Waals surface area contributed by atoms with E-state index >= 15 is 0 Å². The lowest BCUT2D eigenvalue weighted by atomic mass is 9.80. The summed E-state index contributed by atoms with van der Waals surface area (Å²) in [5.74, 6) is 0. The molecular formula is C33H31N2O+. The van der Waals surface area contributed by atoms with Crippen LogP contribution in [0.4, 0.5) is 0 Å². The minimum Gasteiger partial charge on any atom is -0.454 e. The summed E-state index contributed by atoms with van der Waals surface area (Å²) in [7, 11) is 2.06. The molecule has 0 amide bonds. The van der Waals surface area contributed by atoms with Crippen molar-refractivity contribution in [1.82, 2.24) is 0 Å². The molecule has 3 aromatic carbocycles. The van der Waals surface area contributed by atoms with Crippen molar-refractivity contribution >= 4 is 21.9 Å². The van der Waals surface area contributed by atoms with Gasteiger partial charge in [-0.25, -0.2) is 4.57 Å². The molecule has 5 aromatic rings. The van der Waals surface area contributed by atoms with Crippen LogP contribution in [0.15, 0.2) is 65.2 Å². The molecule has 178 valence electrons. The van der Waals surface area contributed by atoms with Gasteiger partial charge in [-0.3, -0.25) is 0 Å². The van der Waals surface area contributed by atoms with E-state index in [0.29, 0.717) is 5.56 Å². The van der Waals surface area contributed by atoms with Crippen molar-refractivity contribution in [2.45, 2.75) is 52.4 Å². The van der Waals surface area contributed by atoms with Crippen LogP contribution in [0.5, 0.6) is 0 Å². The highest BCUT2D eigenvalue weighted by molar-refractivity contribution is 6.14. The Labute approximate surface area is 212 Å². The number of hydrogen-bond acceptors (Lipinski definition) is 2. The van der Waals surface area contributed by atoms with Crippen molar-refractivity contribution in [3.05, 3.63) is 88.6 Å². The molecule has 0 radical (unpaired) electrons. The molecule has 2 aromatic heterocycles. The van der Waals surface area contributed by atoms with E-state index in [2.05, 4.69) is 88.0 Å². The minimum atomic E-state index is 0.0331. The van der Waals surface area contributed by atoms with Crippen LogP contribution in [-0.4, -0.2) is 0 Å². The fourth-order valence-electron chi connectivity index (χ4n) is 6.00. The number of aryl methyl sites for hydroxylation is 3. The van der Waals surface area contributed by atoms with E-state index in [0.717, 1.165) is 62.7 Å². The van der Waals surface area contributed by atoms with E-state index < -0.39 is 0 Å². The second-order valence-corrected chi connectivity index (χ2v) is 11.2. The number of hydrogen-bond donors (Lipinski definition) is 0. The third-order valence-corrected chi connectivity index (χ3v) is 7.76. The smallest absolute Gasteiger partial charge is 0.216 e. The highest BCUT2D eigenvalue weighted by atomic mass is 16.3. The number of pyridine rings is 1. The molecule has 0 spiro atoms. The Bertz CT molecular complexity index is 1720. The minimum absolute atomic E-state index is 0.0331. The molecule has 0 fully saturated rings. The molecule has 36 heavy (non-hydrogen) atoms. The first-order chi connectivity index (χ1) is 17.3. The second-order valence-electron chi connectivity index (χ2n) is 11.2. The van der Waals surface area contributed by atoms with E-state index in [-0.39, 0.29) is 5.41 Å². The zero-order valence-corrected chi connectivity index (χ0v) is 21.7. The number of benzene rings is 3. The quantitative estimate of drug-likeness (QED) is 0.247. The molecule has 6 rings (SSSR count). The summed E-state index contributed by atoms with van der Waals surface area (Å²) in [6.07, 6.45) is 5.49. The highest BCUT2D eigenvalue weighted by Gasteiger charge is 2.27. The monoisotopic (exact) mass is 471 g/mol. The van der Waals surface area contributed by atoms with Gasteiger partial charge in [0.25, 0.3) is 0 Å². The van der Waals surface area contributed by atoms with E-state index in [1.54, 1.807) is 0 Å². The van der Waals surface area contributed by atoms with Crippen LogP contribution in [0.2, 0.25) is 0 Å². The zero-order valence-electron chi connectivity index (χ0n) is 21.7. The predicted molar refractivity (Wildman–Crippen MR) is 146 cm³/mol. The fourth-order valence-corrected chi connectivity index (χ4v) is 6.00. The third-order valence-electron chi connectivity index (χ3n) is 7.76. The van der Waals surface area contributed by atoms with Gasteiger partial charge < -0.3 is 4.42 Å². The van der Waals surface area contributed by atoms with Crippen LogP contribution >= 0.6 is 0 Å². The van der Waals surface area contributed by atoms with Gasteiger partial charge in [-0.05, 0) is 77.6 Å². The molecule has 3 heteroatoms. The predicted octanol–water partition coefficient (Wildman–Crippen LogP) is 7.71. The molecule has 0 atom stereocenters. The average molecular weight is 472 g/mol. The van der Waals surface area contributed by atoms with Gasteiger partial charge in [0.05, 0.1) is 17.2 Å². The summed E-state index contributed by atoms with van der Waals surface area (Å²) in [4.78, 5) is 0. The van der Waals surface area contributed by atoms with E-state index in [4.69, 9.17) is 4.42 Å². The maximum atomic E-state index is 10.2. The van der Waals surface area contributed by atoms with E-state index in [1.807, 2.05) is 18.2 Å². The Hall–Kier alpha value is -3.90. The lowest BCUT2D eigenvalue weighted by Crippen LogP contribution is -2.30. The normalized spacial score (nSPS) is 13.3. The summed E-state index contributed by atoms with van der Waals surface area (Å²) >= 11 is 0. The number of fused-ring (bicyclic) bond motifs is 4. The first-order valence-electron chi connectivity index (χ1n) is 12.8. The molecule has 0 aliphatic heterocycles.